The molecule has 0 aliphatic rings. The molecular weight excluding hydrogens is 238 g/mol. The van der Waals surface area contributed by atoms with E-state index in [0.717, 1.165) is 16.8 Å². The first-order valence-corrected chi connectivity index (χ1v) is 6.12. The Morgan fingerprint density at radius 2 is 1.68 bits per heavy atom. The number of hydrogen-bond acceptors (Lipinski definition) is 3. The van der Waals surface area contributed by atoms with E-state index in [4.69, 9.17) is 4.74 Å². The molecule has 2 aromatic carbocycles. The predicted molar refractivity (Wildman–Crippen MR) is 77.5 cm³/mol. The molecule has 0 saturated heterocycles. The minimum absolute atomic E-state index is 0.305. The molecule has 98 valence electrons. The number of ether oxygens (including phenoxy) is 1. The first-order chi connectivity index (χ1) is 9.06. The van der Waals surface area contributed by atoms with Gasteiger partial charge in [-0.3, -0.25) is 4.79 Å². The first kappa shape index (κ1) is 13.1. The summed E-state index contributed by atoms with van der Waals surface area (Å²) in [7, 11) is 4.02. The molecule has 0 bridgehead atoms. The van der Waals surface area contributed by atoms with E-state index in [1.165, 1.54) is 6.92 Å². The third kappa shape index (κ3) is 3.35. The molecule has 3 nitrogen and oxygen atoms in total. The summed E-state index contributed by atoms with van der Waals surface area (Å²) in [5.74, 6) is 0.266. The molecule has 0 radical (unpaired) electrons. The van der Waals surface area contributed by atoms with Crippen LogP contribution in [0.3, 0.4) is 0 Å². The Bertz CT molecular complexity index is 574. The van der Waals surface area contributed by atoms with Gasteiger partial charge in [0.15, 0.2) is 0 Å². The van der Waals surface area contributed by atoms with E-state index in [1.807, 2.05) is 32.3 Å². The van der Waals surface area contributed by atoms with Gasteiger partial charge in [-0.2, -0.15) is 0 Å². The van der Waals surface area contributed by atoms with Crippen LogP contribution in [0.1, 0.15) is 6.92 Å². The van der Waals surface area contributed by atoms with Crippen molar-refractivity contribution in [3.8, 4) is 16.9 Å². The lowest BCUT2D eigenvalue weighted by Crippen LogP contribution is -2.07. The lowest BCUT2D eigenvalue weighted by Gasteiger charge is -2.13. The average molecular weight is 255 g/mol. The highest BCUT2D eigenvalue weighted by Gasteiger charge is 2.03. The number of anilines is 1. The van der Waals surface area contributed by atoms with Gasteiger partial charge in [-0.15, -0.1) is 0 Å². The summed E-state index contributed by atoms with van der Waals surface area (Å²) in [5.41, 5.74) is 3.28. The van der Waals surface area contributed by atoms with Gasteiger partial charge in [0.05, 0.1) is 0 Å². The molecule has 0 fully saturated rings. The summed E-state index contributed by atoms with van der Waals surface area (Å²) in [6.07, 6.45) is 0. The topological polar surface area (TPSA) is 29.5 Å². The Hall–Kier alpha value is -2.29. The van der Waals surface area contributed by atoms with E-state index in [2.05, 4.69) is 29.2 Å². The maximum atomic E-state index is 11.0. The zero-order chi connectivity index (χ0) is 13.8. The second-order valence-corrected chi connectivity index (χ2v) is 4.56. The molecule has 2 rings (SSSR count). The molecule has 19 heavy (non-hydrogen) atoms. The molecular formula is C16H17NO2. The van der Waals surface area contributed by atoms with Crippen LogP contribution in [0.25, 0.3) is 11.1 Å². The zero-order valence-electron chi connectivity index (χ0n) is 11.4. The monoisotopic (exact) mass is 255 g/mol. The van der Waals surface area contributed by atoms with Gasteiger partial charge in [-0.05, 0) is 35.4 Å². The third-order valence-corrected chi connectivity index (χ3v) is 2.81. The van der Waals surface area contributed by atoms with Crippen molar-refractivity contribution in [2.24, 2.45) is 0 Å². The second-order valence-electron chi connectivity index (χ2n) is 4.56. The Morgan fingerprint density at radius 1 is 1.00 bits per heavy atom. The highest BCUT2D eigenvalue weighted by atomic mass is 16.5. The zero-order valence-corrected chi connectivity index (χ0v) is 11.4. The Kier molecular flexibility index (Phi) is 3.85. The van der Waals surface area contributed by atoms with Gasteiger partial charge >= 0.3 is 5.97 Å². The van der Waals surface area contributed by atoms with Crippen molar-refractivity contribution in [3.05, 3.63) is 48.5 Å². The Morgan fingerprint density at radius 3 is 2.26 bits per heavy atom. The van der Waals surface area contributed by atoms with Crippen LogP contribution >= 0.6 is 0 Å². The number of carbonyl (C=O) groups is 1. The molecule has 0 aromatic heterocycles. The van der Waals surface area contributed by atoms with Gasteiger partial charge in [0.1, 0.15) is 5.75 Å². The molecule has 0 heterocycles. The maximum absolute atomic E-state index is 11.0. The summed E-state index contributed by atoms with van der Waals surface area (Å²) in [6.45, 7) is 1.40. The van der Waals surface area contributed by atoms with Crippen molar-refractivity contribution in [2.45, 2.75) is 6.92 Å². The summed E-state index contributed by atoms with van der Waals surface area (Å²) in [6, 6.07) is 15.8. The Labute approximate surface area is 113 Å². The summed E-state index contributed by atoms with van der Waals surface area (Å²) in [5, 5.41) is 0. The van der Waals surface area contributed by atoms with E-state index in [-0.39, 0.29) is 5.97 Å². The smallest absolute Gasteiger partial charge is 0.308 e. The normalized spacial score (nSPS) is 10.1. The van der Waals surface area contributed by atoms with Crippen molar-refractivity contribution in [2.75, 3.05) is 19.0 Å². The number of carbonyl (C=O) groups excluding carboxylic acids is 1. The van der Waals surface area contributed by atoms with E-state index in [0.29, 0.717) is 5.75 Å². The standard InChI is InChI=1S/C16H17NO2/c1-12(18)19-16-6-4-5-14(11-16)13-7-9-15(10-8-13)17(2)3/h4-11H,1-3H3. The van der Waals surface area contributed by atoms with Crippen molar-refractivity contribution in [1.82, 2.24) is 0 Å². The van der Waals surface area contributed by atoms with Crippen LogP contribution in [0.2, 0.25) is 0 Å². The van der Waals surface area contributed by atoms with Gasteiger partial charge in [-0.25, -0.2) is 0 Å². The Balaban J connectivity index is 2.28. The summed E-state index contributed by atoms with van der Waals surface area (Å²) in [4.78, 5) is 13.0. The number of rotatable bonds is 3. The highest BCUT2D eigenvalue weighted by molar-refractivity contribution is 5.72. The van der Waals surface area contributed by atoms with Crippen LogP contribution in [0.15, 0.2) is 48.5 Å². The fraction of sp³-hybridized carbons (Fsp3) is 0.188. The largest absolute Gasteiger partial charge is 0.427 e. The minimum Gasteiger partial charge on any atom is -0.427 e. The van der Waals surface area contributed by atoms with E-state index < -0.39 is 0 Å². The molecule has 0 aliphatic carbocycles. The van der Waals surface area contributed by atoms with E-state index in [9.17, 15) is 4.79 Å². The minimum atomic E-state index is -0.305. The number of benzene rings is 2. The van der Waals surface area contributed by atoms with Crippen LogP contribution in [0.4, 0.5) is 5.69 Å². The number of nitrogens with zero attached hydrogens (tertiary/aromatic N) is 1. The van der Waals surface area contributed by atoms with Gasteiger partial charge in [0, 0.05) is 26.7 Å². The van der Waals surface area contributed by atoms with Crippen LogP contribution in [-0.2, 0) is 4.79 Å². The third-order valence-electron chi connectivity index (χ3n) is 2.81. The van der Waals surface area contributed by atoms with Crippen LogP contribution < -0.4 is 9.64 Å². The van der Waals surface area contributed by atoms with Crippen LogP contribution in [0, 0.1) is 0 Å². The SMILES string of the molecule is CC(=O)Oc1cccc(-c2ccc(N(C)C)cc2)c1. The van der Waals surface area contributed by atoms with Gasteiger partial charge in [-0.1, -0.05) is 24.3 Å². The molecule has 2 aromatic rings. The number of hydrogen-bond donors (Lipinski definition) is 0. The molecule has 3 heteroatoms. The van der Waals surface area contributed by atoms with Crippen LogP contribution in [0.5, 0.6) is 5.75 Å². The molecule has 0 saturated carbocycles. The lowest BCUT2D eigenvalue weighted by molar-refractivity contribution is -0.131. The fourth-order valence-corrected chi connectivity index (χ4v) is 1.86. The number of esters is 1. The average Bonchev–Trinajstić information content (AvgIpc) is 2.38. The lowest BCUT2D eigenvalue weighted by atomic mass is 10.1. The van der Waals surface area contributed by atoms with Crippen molar-refractivity contribution >= 4 is 11.7 Å². The van der Waals surface area contributed by atoms with Crippen molar-refractivity contribution in [3.63, 3.8) is 0 Å². The second kappa shape index (κ2) is 5.57. The molecule has 0 N–H and O–H groups in total. The quantitative estimate of drug-likeness (QED) is 0.622. The fourth-order valence-electron chi connectivity index (χ4n) is 1.86. The first-order valence-electron chi connectivity index (χ1n) is 6.12. The summed E-state index contributed by atoms with van der Waals surface area (Å²) >= 11 is 0. The van der Waals surface area contributed by atoms with Crippen molar-refractivity contribution in [1.29, 1.82) is 0 Å². The molecule has 0 spiro atoms. The van der Waals surface area contributed by atoms with Gasteiger partial charge < -0.3 is 9.64 Å². The molecule has 0 atom stereocenters. The molecule has 0 amide bonds. The van der Waals surface area contributed by atoms with E-state index >= 15 is 0 Å². The maximum Gasteiger partial charge on any atom is 0.308 e. The van der Waals surface area contributed by atoms with Crippen molar-refractivity contribution < 1.29 is 9.53 Å². The highest BCUT2D eigenvalue weighted by Crippen LogP contribution is 2.25. The molecule has 0 unspecified atom stereocenters. The van der Waals surface area contributed by atoms with Crippen LogP contribution in [-0.4, -0.2) is 20.1 Å². The van der Waals surface area contributed by atoms with E-state index in [1.54, 1.807) is 6.07 Å². The van der Waals surface area contributed by atoms with Gasteiger partial charge in [0.2, 0.25) is 0 Å². The molecule has 0 aliphatic heterocycles. The summed E-state index contributed by atoms with van der Waals surface area (Å²) < 4.78 is 5.09. The van der Waals surface area contributed by atoms with Gasteiger partial charge in [0.25, 0.3) is 0 Å². The predicted octanol–water partition coefficient (Wildman–Crippen LogP) is 3.34.